The molecule has 1 aromatic heterocycles. The highest BCUT2D eigenvalue weighted by molar-refractivity contribution is 7.16. The highest BCUT2D eigenvalue weighted by atomic mass is 32.1. The molecule has 0 radical (unpaired) electrons. The van der Waals surface area contributed by atoms with Gasteiger partial charge in [-0.3, -0.25) is 4.79 Å². The number of rotatable bonds is 4. The van der Waals surface area contributed by atoms with Gasteiger partial charge in [0.05, 0.1) is 22.9 Å². The smallest absolute Gasteiger partial charge is 0.274 e. The molecule has 1 atom stereocenters. The van der Waals surface area contributed by atoms with Gasteiger partial charge < -0.3 is 14.0 Å². The van der Waals surface area contributed by atoms with Gasteiger partial charge in [0.15, 0.2) is 4.80 Å². The fraction of sp³-hybridized carbons (Fsp3) is 0.467. The van der Waals surface area contributed by atoms with Crippen molar-refractivity contribution in [3.05, 3.63) is 29.1 Å². The van der Waals surface area contributed by atoms with Crippen LogP contribution >= 0.6 is 11.3 Å². The lowest BCUT2D eigenvalue weighted by atomic mass is 10.2. The number of carbonyl (C=O) groups is 1. The first-order chi connectivity index (χ1) is 10.2. The third-order valence-electron chi connectivity index (χ3n) is 3.49. The second-order valence-corrected chi connectivity index (χ2v) is 6.08. The molecule has 5 nitrogen and oxygen atoms in total. The van der Waals surface area contributed by atoms with Crippen molar-refractivity contribution in [3.8, 4) is 0 Å². The number of nitrogens with zero attached hydrogens (tertiary/aromatic N) is 2. The molecule has 1 aromatic carbocycles. The van der Waals surface area contributed by atoms with Crippen molar-refractivity contribution in [2.24, 2.45) is 12.0 Å². The molecule has 0 spiro atoms. The van der Waals surface area contributed by atoms with Crippen LogP contribution in [0.5, 0.6) is 0 Å². The molecule has 1 aliphatic rings. The minimum atomic E-state index is -0.254. The van der Waals surface area contributed by atoms with Crippen LogP contribution in [0.4, 0.5) is 0 Å². The topological polar surface area (TPSA) is 52.8 Å². The molecule has 0 aliphatic carbocycles. The van der Waals surface area contributed by atoms with Crippen LogP contribution in [0, 0.1) is 0 Å². The zero-order valence-corrected chi connectivity index (χ0v) is 12.8. The van der Waals surface area contributed by atoms with E-state index in [1.165, 1.54) is 11.3 Å². The van der Waals surface area contributed by atoms with Crippen molar-refractivity contribution >= 4 is 27.5 Å². The summed E-state index contributed by atoms with van der Waals surface area (Å²) in [7, 11) is 1.91. The van der Waals surface area contributed by atoms with Crippen LogP contribution in [0.1, 0.15) is 12.8 Å². The van der Waals surface area contributed by atoms with Gasteiger partial charge >= 0.3 is 0 Å². The van der Waals surface area contributed by atoms with E-state index in [0.29, 0.717) is 11.4 Å². The SMILES string of the molecule is Cn1c(=NC(=O)COCC2CCCO2)sc2ccccc21. The summed E-state index contributed by atoms with van der Waals surface area (Å²) in [5.41, 5.74) is 1.08. The third kappa shape index (κ3) is 3.40. The second kappa shape index (κ2) is 6.51. The van der Waals surface area contributed by atoms with E-state index in [2.05, 4.69) is 4.99 Å². The Morgan fingerprint density at radius 2 is 2.38 bits per heavy atom. The zero-order valence-electron chi connectivity index (χ0n) is 11.9. The number of hydrogen-bond acceptors (Lipinski definition) is 4. The average Bonchev–Trinajstić information content (AvgIpc) is 3.09. The lowest BCUT2D eigenvalue weighted by molar-refractivity contribution is -0.123. The van der Waals surface area contributed by atoms with Crippen molar-refractivity contribution in [1.82, 2.24) is 4.57 Å². The number of thiazole rings is 1. The first-order valence-corrected chi connectivity index (χ1v) is 7.87. The molecular weight excluding hydrogens is 288 g/mol. The summed E-state index contributed by atoms with van der Waals surface area (Å²) in [6, 6.07) is 8.00. The number of hydrogen-bond donors (Lipinski definition) is 0. The van der Waals surface area contributed by atoms with E-state index in [9.17, 15) is 4.79 Å². The summed E-state index contributed by atoms with van der Waals surface area (Å²) in [5.74, 6) is -0.254. The highest BCUT2D eigenvalue weighted by Crippen LogP contribution is 2.15. The third-order valence-corrected chi connectivity index (χ3v) is 4.60. The standard InChI is InChI=1S/C15H18N2O3S/c1-17-12-6-2-3-7-13(12)21-15(17)16-14(18)10-19-9-11-5-4-8-20-11/h2-3,6-7,11H,4-5,8-10H2,1H3. The van der Waals surface area contributed by atoms with Crippen molar-refractivity contribution in [2.45, 2.75) is 18.9 Å². The van der Waals surface area contributed by atoms with E-state index >= 15 is 0 Å². The van der Waals surface area contributed by atoms with Gasteiger partial charge in [0.2, 0.25) is 0 Å². The molecule has 1 amide bonds. The minimum Gasteiger partial charge on any atom is -0.376 e. The summed E-state index contributed by atoms with van der Waals surface area (Å²) in [6.07, 6.45) is 2.22. The number of aromatic nitrogens is 1. The van der Waals surface area contributed by atoms with Crippen LogP contribution < -0.4 is 4.80 Å². The molecule has 3 rings (SSSR count). The zero-order chi connectivity index (χ0) is 14.7. The molecule has 2 aromatic rings. The van der Waals surface area contributed by atoms with E-state index in [1.807, 2.05) is 35.9 Å². The van der Waals surface area contributed by atoms with E-state index in [0.717, 1.165) is 29.7 Å². The van der Waals surface area contributed by atoms with Crippen LogP contribution in [0.3, 0.4) is 0 Å². The van der Waals surface area contributed by atoms with Gasteiger partial charge in [-0.1, -0.05) is 23.5 Å². The molecule has 21 heavy (non-hydrogen) atoms. The van der Waals surface area contributed by atoms with Crippen molar-refractivity contribution in [1.29, 1.82) is 0 Å². The lowest BCUT2D eigenvalue weighted by Crippen LogP contribution is -2.19. The molecule has 112 valence electrons. The molecule has 1 saturated heterocycles. The first kappa shape index (κ1) is 14.4. The van der Waals surface area contributed by atoms with E-state index in [-0.39, 0.29) is 18.6 Å². The Labute approximate surface area is 126 Å². The molecule has 6 heteroatoms. The number of para-hydroxylation sites is 1. The van der Waals surface area contributed by atoms with Gasteiger partial charge in [-0.05, 0) is 25.0 Å². The summed E-state index contributed by atoms with van der Waals surface area (Å²) in [4.78, 5) is 16.7. The van der Waals surface area contributed by atoms with E-state index < -0.39 is 0 Å². The van der Waals surface area contributed by atoms with E-state index in [4.69, 9.17) is 9.47 Å². The number of carbonyl (C=O) groups excluding carboxylic acids is 1. The van der Waals surface area contributed by atoms with Crippen molar-refractivity contribution in [3.63, 3.8) is 0 Å². The fourth-order valence-corrected chi connectivity index (χ4v) is 3.42. The first-order valence-electron chi connectivity index (χ1n) is 7.05. The fourth-order valence-electron chi connectivity index (χ4n) is 2.38. The maximum absolute atomic E-state index is 11.9. The number of ether oxygens (including phenoxy) is 2. The summed E-state index contributed by atoms with van der Waals surface area (Å²) in [5, 5.41) is 0. The Hall–Kier alpha value is -1.50. The predicted octanol–water partition coefficient (Wildman–Crippen LogP) is 1.86. The van der Waals surface area contributed by atoms with Crippen LogP contribution in [0.2, 0.25) is 0 Å². The van der Waals surface area contributed by atoms with Gasteiger partial charge in [-0.15, -0.1) is 0 Å². The van der Waals surface area contributed by atoms with Crippen LogP contribution in [0.25, 0.3) is 10.2 Å². The monoisotopic (exact) mass is 306 g/mol. The Morgan fingerprint density at radius 1 is 1.52 bits per heavy atom. The van der Waals surface area contributed by atoms with Crippen LogP contribution in [-0.4, -0.2) is 36.4 Å². The van der Waals surface area contributed by atoms with Gasteiger partial charge in [0.25, 0.3) is 5.91 Å². The quantitative estimate of drug-likeness (QED) is 0.866. The molecule has 1 fully saturated rings. The second-order valence-electron chi connectivity index (χ2n) is 5.07. The molecule has 0 N–H and O–H groups in total. The molecule has 1 unspecified atom stereocenters. The maximum Gasteiger partial charge on any atom is 0.274 e. The number of fused-ring (bicyclic) bond motifs is 1. The molecular formula is C15H18N2O3S. The van der Waals surface area contributed by atoms with Gasteiger partial charge in [0.1, 0.15) is 6.61 Å². The number of aryl methyl sites for hydroxylation is 1. The average molecular weight is 306 g/mol. The van der Waals surface area contributed by atoms with Crippen LogP contribution in [-0.2, 0) is 21.3 Å². The van der Waals surface area contributed by atoms with E-state index in [1.54, 1.807) is 0 Å². The Balaban J connectivity index is 1.65. The molecule has 0 saturated carbocycles. The van der Waals surface area contributed by atoms with Crippen molar-refractivity contribution in [2.75, 3.05) is 19.8 Å². The molecule has 2 heterocycles. The summed E-state index contributed by atoms with van der Waals surface area (Å²) < 4.78 is 13.9. The Kier molecular flexibility index (Phi) is 4.48. The predicted molar refractivity (Wildman–Crippen MR) is 81.2 cm³/mol. The van der Waals surface area contributed by atoms with Gasteiger partial charge in [-0.25, -0.2) is 0 Å². The lowest BCUT2D eigenvalue weighted by Gasteiger charge is -2.08. The molecule has 1 aliphatic heterocycles. The van der Waals surface area contributed by atoms with Gasteiger partial charge in [0, 0.05) is 13.7 Å². The van der Waals surface area contributed by atoms with Gasteiger partial charge in [-0.2, -0.15) is 4.99 Å². The number of amides is 1. The summed E-state index contributed by atoms with van der Waals surface area (Å²) in [6.45, 7) is 1.28. The normalized spacial score (nSPS) is 19.5. The Morgan fingerprint density at radius 3 is 3.14 bits per heavy atom. The van der Waals surface area contributed by atoms with Crippen molar-refractivity contribution < 1.29 is 14.3 Å². The minimum absolute atomic E-state index is 0.00804. The summed E-state index contributed by atoms with van der Waals surface area (Å²) >= 11 is 1.51. The Bertz CT molecular complexity index is 698. The largest absolute Gasteiger partial charge is 0.376 e. The maximum atomic E-state index is 11.9. The number of benzene rings is 1. The molecule has 0 bridgehead atoms. The highest BCUT2D eigenvalue weighted by Gasteiger charge is 2.15. The van der Waals surface area contributed by atoms with Crippen LogP contribution in [0.15, 0.2) is 29.3 Å².